The van der Waals surface area contributed by atoms with Crippen molar-refractivity contribution in [1.82, 2.24) is 24.7 Å². The van der Waals surface area contributed by atoms with E-state index in [-0.39, 0.29) is 24.1 Å². The summed E-state index contributed by atoms with van der Waals surface area (Å²) < 4.78 is 2.80. The van der Waals surface area contributed by atoms with Gasteiger partial charge in [0.25, 0.3) is 5.56 Å². The number of aromatic nitrogens is 4. The molecule has 1 amide bonds. The van der Waals surface area contributed by atoms with Crippen LogP contribution in [0, 0.1) is 6.92 Å². The van der Waals surface area contributed by atoms with Crippen molar-refractivity contribution in [3.63, 3.8) is 0 Å². The van der Waals surface area contributed by atoms with Gasteiger partial charge in [-0.05, 0) is 37.8 Å². The molecule has 1 aliphatic carbocycles. The maximum Gasteiger partial charge on any atom is 0.293 e. The van der Waals surface area contributed by atoms with Gasteiger partial charge in [-0.25, -0.2) is 9.20 Å². The fourth-order valence-electron chi connectivity index (χ4n) is 3.99. The van der Waals surface area contributed by atoms with E-state index in [4.69, 9.17) is 0 Å². The van der Waals surface area contributed by atoms with Crippen LogP contribution in [0.15, 0.2) is 35.1 Å². The first-order valence-corrected chi connectivity index (χ1v) is 10.4. The summed E-state index contributed by atoms with van der Waals surface area (Å²) in [6.45, 7) is 3.83. The molecule has 0 unspecified atom stereocenters. The molecule has 1 aromatic carbocycles. The number of nitrogens with zero attached hydrogens (tertiary/aromatic N) is 4. The zero-order chi connectivity index (χ0) is 20.4. The average molecular weight is 393 g/mol. The van der Waals surface area contributed by atoms with Gasteiger partial charge in [0.15, 0.2) is 0 Å². The molecule has 7 heteroatoms. The van der Waals surface area contributed by atoms with Gasteiger partial charge in [0, 0.05) is 11.6 Å². The predicted octanol–water partition coefficient (Wildman–Crippen LogP) is 2.88. The first-order chi connectivity index (χ1) is 14.0. The summed E-state index contributed by atoms with van der Waals surface area (Å²) in [5.41, 5.74) is 3.04. The summed E-state index contributed by atoms with van der Waals surface area (Å²) in [5, 5.41) is 11.9. The van der Waals surface area contributed by atoms with Gasteiger partial charge in [0.05, 0.1) is 5.69 Å². The van der Waals surface area contributed by atoms with E-state index in [0.29, 0.717) is 11.3 Å². The minimum Gasteiger partial charge on any atom is -0.352 e. The van der Waals surface area contributed by atoms with Crippen molar-refractivity contribution in [2.24, 2.45) is 0 Å². The molecule has 1 aliphatic rings. The molecule has 7 nitrogen and oxygen atoms in total. The largest absolute Gasteiger partial charge is 0.352 e. The Kier molecular flexibility index (Phi) is 5.47. The van der Waals surface area contributed by atoms with Crippen LogP contribution in [0.4, 0.5) is 0 Å². The van der Waals surface area contributed by atoms with Gasteiger partial charge in [-0.15, -0.1) is 0 Å². The molecule has 0 atom stereocenters. The van der Waals surface area contributed by atoms with Crippen LogP contribution in [0.5, 0.6) is 0 Å². The zero-order valence-electron chi connectivity index (χ0n) is 17.0. The third kappa shape index (κ3) is 4.09. The number of carbonyl (C=O) groups is 1. The van der Waals surface area contributed by atoms with E-state index in [1.165, 1.54) is 16.7 Å². The Morgan fingerprint density at radius 3 is 2.55 bits per heavy atom. The van der Waals surface area contributed by atoms with Crippen molar-refractivity contribution >= 4 is 11.4 Å². The Bertz CT molecular complexity index is 1080. The van der Waals surface area contributed by atoms with Gasteiger partial charge < -0.3 is 5.32 Å². The molecule has 2 heterocycles. The smallest absolute Gasteiger partial charge is 0.293 e. The van der Waals surface area contributed by atoms with Crippen molar-refractivity contribution in [1.29, 1.82) is 0 Å². The lowest BCUT2D eigenvalue weighted by Crippen LogP contribution is -2.40. The normalized spacial score (nSPS) is 15.0. The second-order valence-electron chi connectivity index (χ2n) is 7.79. The van der Waals surface area contributed by atoms with E-state index >= 15 is 0 Å². The summed E-state index contributed by atoms with van der Waals surface area (Å²) >= 11 is 0. The fraction of sp³-hybridized carbons (Fsp3) is 0.455. The predicted molar refractivity (Wildman–Crippen MR) is 112 cm³/mol. The molecule has 0 spiro atoms. The van der Waals surface area contributed by atoms with Gasteiger partial charge >= 0.3 is 0 Å². The van der Waals surface area contributed by atoms with E-state index in [2.05, 4.69) is 34.6 Å². The Morgan fingerprint density at radius 2 is 1.86 bits per heavy atom. The highest BCUT2D eigenvalue weighted by Gasteiger charge is 2.18. The van der Waals surface area contributed by atoms with E-state index < -0.39 is 0 Å². The molecule has 1 N–H and O–H groups in total. The van der Waals surface area contributed by atoms with E-state index in [1.807, 2.05) is 12.1 Å². The Hall–Kier alpha value is -2.96. The molecular weight excluding hydrogens is 366 g/mol. The number of aryl methyl sites for hydroxylation is 2. The monoisotopic (exact) mass is 393 g/mol. The van der Waals surface area contributed by atoms with Crippen molar-refractivity contribution in [3.05, 3.63) is 52.1 Å². The fourth-order valence-corrected chi connectivity index (χ4v) is 3.99. The SMILES string of the molecule is CCc1ccc(-c2cc3c(=O)n(CC(=O)NC4CCCCC4)nc(C)n3n2)cc1. The van der Waals surface area contributed by atoms with Crippen LogP contribution >= 0.6 is 0 Å². The molecule has 29 heavy (non-hydrogen) atoms. The number of fused-ring (bicyclic) bond motifs is 1. The molecule has 1 fully saturated rings. The number of rotatable bonds is 5. The maximum absolute atomic E-state index is 12.9. The lowest BCUT2D eigenvalue weighted by atomic mass is 9.95. The Balaban J connectivity index is 1.60. The lowest BCUT2D eigenvalue weighted by molar-refractivity contribution is -0.122. The van der Waals surface area contributed by atoms with Crippen LogP contribution in [0.3, 0.4) is 0 Å². The highest BCUT2D eigenvalue weighted by atomic mass is 16.2. The quantitative estimate of drug-likeness (QED) is 0.723. The first-order valence-electron chi connectivity index (χ1n) is 10.4. The first kappa shape index (κ1) is 19.4. The van der Waals surface area contributed by atoms with Crippen LogP contribution in [0.25, 0.3) is 16.8 Å². The van der Waals surface area contributed by atoms with E-state index in [1.54, 1.807) is 17.5 Å². The van der Waals surface area contributed by atoms with E-state index in [0.717, 1.165) is 43.4 Å². The molecule has 0 bridgehead atoms. The van der Waals surface area contributed by atoms with Crippen LogP contribution in [-0.4, -0.2) is 31.3 Å². The summed E-state index contributed by atoms with van der Waals surface area (Å²) in [4.78, 5) is 25.3. The van der Waals surface area contributed by atoms with Crippen molar-refractivity contribution in [2.45, 2.75) is 65.0 Å². The third-order valence-electron chi connectivity index (χ3n) is 5.66. The Morgan fingerprint density at radius 1 is 1.14 bits per heavy atom. The molecule has 4 rings (SSSR count). The van der Waals surface area contributed by atoms with Crippen molar-refractivity contribution in [3.8, 4) is 11.3 Å². The molecule has 1 saturated carbocycles. The molecule has 0 radical (unpaired) electrons. The number of hydrogen-bond donors (Lipinski definition) is 1. The van der Waals surface area contributed by atoms with Gasteiger partial charge in [-0.2, -0.15) is 10.2 Å². The summed E-state index contributed by atoms with van der Waals surface area (Å²) in [6.07, 6.45) is 6.51. The Labute approximate surface area is 169 Å². The summed E-state index contributed by atoms with van der Waals surface area (Å²) in [7, 11) is 0. The maximum atomic E-state index is 12.9. The second kappa shape index (κ2) is 8.19. The topological polar surface area (TPSA) is 81.3 Å². The summed E-state index contributed by atoms with van der Waals surface area (Å²) in [5.74, 6) is 0.409. The van der Waals surface area contributed by atoms with Gasteiger partial charge in [0.1, 0.15) is 17.9 Å². The second-order valence-corrected chi connectivity index (χ2v) is 7.79. The van der Waals surface area contributed by atoms with Crippen LogP contribution in [0.1, 0.15) is 50.4 Å². The number of carbonyl (C=O) groups excluding carboxylic acids is 1. The number of nitrogens with one attached hydrogen (secondary N) is 1. The number of benzene rings is 1. The summed E-state index contributed by atoms with van der Waals surface area (Å²) in [6, 6.07) is 10.1. The van der Waals surface area contributed by atoms with Crippen molar-refractivity contribution in [2.75, 3.05) is 0 Å². The van der Waals surface area contributed by atoms with Crippen molar-refractivity contribution < 1.29 is 4.79 Å². The molecule has 0 aliphatic heterocycles. The van der Waals surface area contributed by atoms with Crippen LogP contribution in [-0.2, 0) is 17.8 Å². The minimum atomic E-state index is -0.307. The average Bonchev–Trinajstić information content (AvgIpc) is 3.19. The lowest BCUT2D eigenvalue weighted by Gasteiger charge is -2.22. The molecule has 152 valence electrons. The van der Waals surface area contributed by atoms with Crippen LogP contribution < -0.4 is 10.9 Å². The molecular formula is C22H27N5O2. The molecule has 3 aromatic rings. The van der Waals surface area contributed by atoms with Crippen LogP contribution in [0.2, 0.25) is 0 Å². The van der Waals surface area contributed by atoms with Gasteiger partial charge in [0.2, 0.25) is 5.91 Å². The van der Waals surface area contributed by atoms with Gasteiger partial charge in [-0.3, -0.25) is 9.59 Å². The number of amides is 1. The van der Waals surface area contributed by atoms with Gasteiger partial charge in [-0.1, -0.05) is 50.5 Å². The standard InChI is InChI=1S/C22H27N5O2/c1-3-16-9-11-17(12-10-16)19-13-20-22(29)26(24-15(2)27(20)25-19)14-21(28)23-18-7-5-4-6-8-18/h9-13,18H,3-8,14H2,1-2H3,(H,23,28). The number of hydrogen-bond acceptors (Lipinski definition) is 4. The zero-order valence-corrected chi connectivity index (χ0v) is 17.0. The van der Waals surface area contributed by atoms with E-state index in [9.17, 15) is 9.59 Å². The molecule has 0 saturated heterocycles. The third-order valence-corrected chi connectivity index (χ3v) is 5.66. The highest BCUT2D eigenvalue weighted by Crippen LogP contribution is 2.20. The highest BCUT2D eigenvalue weighted by molar-refractivity contribution is 5.76. The minimum absolute atomic E-state index is 0.0710. The molecule has 2 aromatic heterocycles.